The van der Waals surface area contributed by atoms with Crippen LogP contribution in [-0.2, 0) is 0 Å². The van der Waals surface area contributed by atoms with Gasteiger partial charge in [-0.1, -0.05) is 18.2 Å². The second kappa shape index (κ2) is 8.34. The molecule has 0 aliphatic carbocycles. The molecule has 3 rings (SSSR count). The predicted octanol–water partition coefficient (Wildman–Crippen LogP) is 6.27. The standard InChI is InChI=1S/C20H9F10NO/c1-31(2)32-20-6(8-10(21)14(25)18(29)15(26)11(8)22)4-3-5-7(20)9-12(23)16(27)19(30)17(28)13(9)24/h3-5H,1-2H3. The van der Waals surface area contributed by atoms with Crippen LogP contribution in [-0.4, -0.2) is 19.2 Å². The number of para-hydroxylation sites is 1. The van der Waals surface area contributed by atoms with Crippen molar-refractivity contribution in [2.75, 3.05) is 14.1 Å². The average Bonchev–Trinajstić information content (AvgIpc) is 2.75. The highest BCUT2D eigenvalue weighted by Crippen LogP contribution is 2.44. The van der Waals surface area contributed by atoms with Gasteiger partial charge in [0.25, 0.3) is 0 Å². The van der Waals surface area contributed by atoms with E-state index in [1.165, 1.54) is 0 Å². The maximum atomic E-state index is 14.4. The summed E-state index contributed by atoms with van der Waals surface area (Å²) in [7, 11) is 2.33. The van der Waals surface area contributed by atoms with Crippen molar-refractivity contribution in [1.29, 1.82) is 0 Å². The highest BCUT2D eigenvalue weighted by Gasteiger charge is 2.32. The van der Waals surface area contributed by atoms with Crippen LogP contribution in [0.25, 0.3) is 22.3 Å². The Morgan fingerprint density at radius 1 is 0.500 bits per heavy atom. The summed E-state index contributed by atoms with van der Waals surface area (Å²) in [5.74, 6) is -24.4. The molecule has 12 heteroatoms. The Kier molecular flexibility index (Phi) is 6.09. The van der Waals surface area contributed by atoms with E-state index in [1.54, 1.807) is 0 Å². The Morgan fingerprint density at radius 2 is 0.781 bits per heavy atom. The van der Waals surface area contributed by atoms with E-state index in [2.05, 4.69) is 0 Å². The van der Waals surface area contributed by atoms with Crippen molar-refractivity contribution in [2.24, 2.45) is 0 Å². The molecule has 0 spiro atoms. The SMILES string of the molecule is CN(C)Oc1c(-c2c(F)c(F)c(F)c(F)c2F)cccc1-c1c(F)c(F)c(F)c(F)c1F. The van der Waals surface area contributed by atoms with Crippen LogP contribution < -0.4 is 4.84 Å². The molecule has 170 valence electrons. The van der Waals surface area contributed by atoms with Gasteiger partial charge in [-0.25, -0.2) is 43.9 Å². The van der Waals surface area contributed by atoms with Crippen LogP contribution >= 0.6 is 0 Å². The van der Waals surface area contributed by atoms with Crippen LogP contribution in [0.15, 0.2) is 18.2 Å². The minimum atomic E-state index is -2.46. The second-order valence-electron chi connectivity index (χ2n) is 6.48. The Hall–Kier alpha value is -3.28. The van der Waals surface area contributed by atoms with Crippen molar-refractivity contribution in [1.82, 2.24) is 5.06 Å². The fraction of sp³-hybridized carbons (Fsp3) is 0.100. The maximum Gasteiger partial charge on any atom is 0.200 e. The third-order valence-corrected chi connectivity index (χ3v) is 4.25. The fourth-order valence-electron chi connectivity index (χ4n) is 2.89. The predicted molar refractivity (Wildman–Crippen MR) is 91.2 cm³/mol. The van der Waals surface area contributed by atoms with Crippen molar-refractivity contribution in [3.63, 3.8) is 0 Å². The molecule has 0 saturated heterocycles. The number of benzene rings is 3. The van der Waals surface area contributed by atoms with Gasteiger partial charge in [-0.05, 0) is 0 Å². The molecule has 0 aliphatic rings. The summed E-state index contributed by atoms with van der Waals surface area (Å²) in [4.78, 5) is 5.11. The van der Waals surface area contributed by atoms with Gasteiger partial charge in [-0.15, -0.1) is 0 Å². The van der Waals surface area contributed by atoms with E-state index in [-0.39, 0.29) is 0 Å². The van der Waals surface area contributed by atoms with Crippen molar-refractivity contribution < 1.29 is 48.7 Å². The van der Waals surface area contributed by atoms with Crippen LogP contribution in [0.3, 0.4) is 0 Å². The summed E-state index contributed by atoms with van der Waals surface area (Å²) in [6.07, 6.45) is 0. The van der Waals surface area contributed by atoms with E-state index >= 15 is 0 Å². The van der Waals surface area contributed by atoms with Crippen LogP contribution in [0.4, 0.5) is 43.9 Å². The molecule has 0 N–H and O–H groups in total. The quantitative estimate of drug-likeness (QED) is 0.193. The van der Waals surface area contributed by atoms with Gasteiger partial charge in [0.2, 0.25) is 11.6 Å². The number of nitrogens with zero attached hydrogens (tertiary/aromatic N) is 1. The van der Waals surface area contributed by atoms with Crippen molar-refractivity contribution >= 4 is 0 Å². The Bertz CT molecular complexity index is 1100. The highest BCUT2D eigenvalue weighted by molar-refractivity contribution is 5.83. The summed E-state index contributed by atoms with van der Waals surface area (Å²) in [5.41, 5.74) is -4.89. The third kappa shape index (κ3) is 3.53. The first-order chi connectivity index (χ1) is 14.9. The molecule has 3 aromatic rings. The zero-order valence-electron chi connectivity index (χ0n) is 15.9. The Balaban J connectivity index is 2.48. The molecular formula is C20H9F10NO. The van der Waals surface area contributed by atoms with Gasteiger partial charge in [0.15, 0.2) is 52.3 Å². The molecule has 3 aromatic carbocycles. The molecule has 0 amide bonds. The molecule has 2 nitrogen and oxygen atoms in total. The van der Waals surface area contributed by atoms with Gasteiger partial charge >= 0.3 is 0 Å². The first-order valence-electron chi connectivity index (χ1n) is 8.41. The number of hydroxylamine groups is 2. The fourth-order valence-corrected chi connectivity index (χ4v) is 2.89. The van der Waals surface area contributed by atoms with E-state index in [9.17, 15) is 43.9 Å². The van der Waals surface area contributed by atoms with E-state index in [1.807, 2.05) is 0 Å². The lowest BCUT2D eigenvalue weighted by molar-refractivity contribution is -0.00204. The minimum absolute atomic E-state index is 0.770. The summed E-state index contributed by atoms with van der Waals surface area (Å²) >= 11 is 0. The molecule has 0 aliphatic heterocycles. The Labute approximate surface area is 173 Å². The molecule has 0 fully saturated rings. The van der Waals surface area contributed by atoms with Gasteiger partial charge in [-0.3, -0.25) is 0 Å². The van der Waals surface area contributed by atoms with Crippen molar-refractivity contribution in [3.05, 3.63) is 76.4 Å². The van der Waals surface area contributed by atoms with Gasteiger partial charge < -0.3 is 4.84 Å². The largest absolute Gasteiger partial charge is 0.405 e. The number of rotatable bonds is 4. The molecule has 0 atom stereocenters. The lowest BCUT2D eigenvalue weighted by atomic mass is 9.95. The van der Waals surface area contributed by atoms with E-state index in [4.69, 9.17) is 4.84 Å². The monoisotopic (exact) mass is 469 g/mol. The van der Waals surface area contributed by atoms with Gasteiger partial charge in [0.05, 0.1) is 11.1 Å². The summed E-state index contributed by atoms with van der Waals surface area (Å²) in [6.45, 7) is 0. The number of hydrogen-bond acceptors (Lipinski definition) is 2. The molecule has 0 bridgehead atoms. The summed E-state index contributed by atoms with van der Waals surface area (Å²) < 4.78 is 139. The second-order valence-corrected chi connectivity index (χ2v) is 6.48. The van der Waals surface area contributed by atoms with E-state index < -0.39 is 86.2 Å². The van der Waals surface area contributed by atoms with Gasteiger partial charge in [0.1, 0.15) is 0 Å². The van der Waals surface area contributed by atoms with E-state index in [0.29, 0.717) is 0 Å². The zero-order valence-corrected chi connectivity index (χ0v) is 15.9. The molecule has 0 aromatic heterocycles. The summed E-state index contributed by atoms with van der Waals surface area (Å²) in [6, 6.07) is 2.38. The number of halogens is 10. The third-order valence-electron chi connectivity index (χ3n) is 4.25. The molecule has 32 heavy (non-hydrogen) atoms. The first-order valence-corrected chi connectivity index (χ1v) is 8.41. The Morgan fingerprint density at radius 3 is 1.06 bits per heavy atom. The molecule has 0 heterocycles. The van der Waals surface area contributed by atoms with Crippen LogP contribution in [0, 0.1) is 58.2 Å². The van der Waals surface area contributed by atoms with Gasteiger partial charge in [-0.2, -0.15) is 5.06 Å². The normalized spacial score (nSPS) is 11.4. The zero-order chi connectivity index (χ0) is 24.1. The molecular weight excluding hydrogens is 460 g/mol. The van der Waals surface area contributed by atoms with Crippen LogP contribution in [0.1, 0.15) is 0 Å². The van der Waals surface area contributed by atoms with Crippen LogP contribution in [0.2, 0.25) is 0 Å². The maximum absolute atomic E-state index is 14.4. The lowest BCUT2D eigenvalue weighted by Crippen LogP contribution is -2.18. The highest BCUT2D eigenvalue weighted by atomic mass is 19.2. The van der Waals surface area contributed by atoms with Crippen molar-refractivity contribution in [3.8, 4) is 28.0 Å². The molecule has 0 saturated carbocycles. The molecule has 0 radical (unpaired) electrons. The number of hydrogen-bond donors (Lipinski definition) is 0. The van der Waals surface area contributed by atoms with Crippen LogP contribution in [0.5, 0.6) is 5.75 Å². The smallest absolute Gasteiger partial charge is 0.200 e. The first kappa shape index (κ1) is 23.4. The van der Waals surface area contributed by atoms with Crippen molar-refractivity contribution in [2.45, 2.75) is 0 Å². The molecule has 0 unspecified atom stereocenters. The lowest BCUT2D eigenvalue weighted by Gasteiger charge is -2.21. The van der Waals surface area contributed by atoms with E-state index in [0.717, 1.165) is 37.4 Å². The summed E-state index contributed by atoms with van der Waals surface area (Å²) in [5, 5.41) is 0.792. The minimum Gasteiger partial charge on any atom is -0.405 e. The van der Waals surface area contributed by atoms with Gasteiger partial charge in [0, 0.05) is 25.2 Å². The average molecular weight is 469 g/mol. The topological polar surface area (TPSA) is 12.5 Å².